The largest absolute Gasteiger partial charge is 0.481 e. The highest BCUT2D eigenvalue weighted by Crippen LogP contribution is 2.34. The van der Waals surface area contributed by atoms with Crippen LogP contribution in [0.25, 0.3) is 11.0 Å². The number of nitrogens with zero attached hydrogens (tertiary/aromatic N) is 2. The third-order valence-electron chi connectivity index (χ3n) is 4.94. The molecular formula is C23H17FN2O4. The standard InChI is InChI=1S/C23H17FN2O4/c24-16-7-2-4-9-20(16)29-14-23(27)26-18(21-10-5-11-28-21)13-17(25-26)22-12-15-6-1-3-8-19(15)30-22/h1-12,18H,13-14H2/t18-/m0/s1. The van der Waals surface area contributed by atoms with Gasteiger partial charge < -0.3 is 13.6 Å². The van der Waals surface area contributed by atoms with E-state index >= 15 is 0 Å². The van der Waals surface area contributed by atoms with Crippen LogP contribution in [0.1, 0.15) is 24.0 Å². The zero-order valence-electron chi connectivity index (χ0n) is 15.8. The minimum Gasteiger partial charge on any atom is -0.481 e. The van der Waals surface area contributed by atoms with Crippen molar-refractivity contribution in [3.8, 4) is 5.75 Å². The predicted octanol–water partition coefficient (Wildman–Crippen LogP) is 4.92. The van der Waals surface area contributed by atoms with Gasteiger partial charge in [0, 0.05) is 11.8 Å². The van der Waals surface area contributed by atoms with Gasteiger partial charge in [0.2, 0.25) is 0 Å². The molecule has 4 aromatic rings. The highest BCUT2D eigenvalue weighted by molar-refractivity contribution is 6.03. The quantitative estimate of drug-likeness (QED) is 0.473. The van der Waals surface area contributed by atoms with Gasteiger partial charge in [0.15, 0.2) is 23.9 Å². The summed E-state index contributed by atoms with van der Waals surface area (Å²) in [6, 6.07) is 18.6. The molecule has 0 bridgehead atoms. The molecule has 30 heavy (non-hydrogen) atoms. The number of hydrogen-bond donors (Lipinski definition) is 0. The molecule has 0 saturated carbocycles. The lowest BCUT2D eigenvalue weighted by Crippen LogP contribution is -2.31. The van der Waals surface area contributed by atoms with E-state index in [1.54, 1.807) is 30.5 Å². The van der Waals surface area contributed by atoms with Gasteiger partial charge in [-0.05, 0) is 36.4 Å². The molecule has 2 aromatic heterocycles. The fourth-order valence-electron chi connectivity index (χ4n) is 3.48. The first-order valence-corrected chi connectivity index (χ1v) is 9.48. The summed E-state index contributed by atoms with van der Waals surface area (Å²) in [5, 5.41) is 6.78. The van der Waals surface area contributed by atoms with Crippen LogP contribution >= 0.6 is 0 Å². The number of carbonyl (C=O) groups is 1. The Hall–Kier alpha value is -3.87. The summed E-state index contributed by atoms with van der Waals surface area (Å²) in [4.78, 5) is 12.9. The third-order valence-corrected chi connectivity index (χ3v) is 4.94. The number of fused-ring (bicyclic) bond motifs is 1. The van der Waals surface area contributed by atoms with Gasteiger partial charge >= 0.3 is 0 Å². The molecule has 0 radical (unpaired) electrons. The summed E-state index contributed by atoms with van der Waals surface area (Å²) in [6.45, 7) is -0.352. The van der Waals surface area contributed by atoms with Crippen LogP contribution in [0.5, 0.6) is 5.75 Å². The van der Waals surface area contributed by atoms with Crippen molar-refractivity contribution < 1.29 is 22.8 Å². The molecule has 1 aliphatic heterocycles. The van der Waals surface area contributed by atoms with Gasteiger partial charge in [-0.3, -0.25) is 4.79 Å². The van der Waals surface area contributed by atoms with Crippen LogP contribution in [0.3, 0.4) is 0 Å². The number of furan rings is 2. The molecule has 5 rings (SSSR count). The first-order valence-electron chi connectivity index (χ1n) is 9.48. The van der Waals surface area contributed by atoms with Crippen LogP contribution in [0.15, 0.2) is 86.9 Å². The molecule has 1 amide bonds. The average molecular weight is 404 g/mol. The summed E-state index contributed by atoms with van der Waals surface area (Å²) in [5.41, 5.74) is 1.38. The second-order valence-electron chi connectivity index (χ2n) is 6.89. The molecule has 3 heterocycles. The Morgan fingerprint density at radius 3 is 2.77 bits per heavy atom. The lowest BCUT2D eigenvalue weighted by atomic mass is 10.1. The molecule has 2 aromatic carbocycles. The van der Waals surface area contributed by atoms with Gasteiger partial charge in [-0.25, -0.2) is 9.40 Å². The molecule has 7 heteroatoms. The Morgan fingerprint density at radius 2 is 1.97 bits per heavy atom. The summed E-state index contributed by atoms with van der Waals surface area (Å²) in [7, 11) is 0. The molecule has 0 aliphatic carbocycles. The van der Waals surface area contributed by atoms with E-state index in [1.165, 1.54) is 17.1 Å². The lowest BCUT2D eigenvalue weighted by Gasteiger charge is -2.20. The highest BCUT2D eigenvalue weighted by Gasteiger charge is 2.36. The van der Waals surface area contributed by atoms with Crippen molar-refractivity contribution in [1.82, 2.24) is 5.01 Å². The van der Waals surface area contributed by atoms with E-state index in [9.17, 15) is 9.18 Å². The zero-order chi connectivity index (χ0) is 20.5. The Labute approximate surface area is 171 Å². The number of halogens is 1. The highest BCUT2D eigenvalue weighted by atomic mass is 19.1. The Morgan fingerprint density at radius 1 is 1.13 bits per heavy atom. The Kier molecular flexibility index (Phi) is 4.55. The van der Waals surface area contributed by atoms with Crippen molar-refractivity contribution in [3.05, 3.63) is 90.3 Å². The van der Waals surface area contributed by atoms with Gasteiger partial charge in [-0.2, -0.15) is 5.10 Å². The van der Waals surface area contributed by atoms with Crippen LogP contribution < -0.4 is 4.74 Å². The van der Waals surface area contributed by atoms with E-state index in [-0.39, 0.29) is 12.4 Å². The maximum Gasteiger partial charge on any atom is 0.281 e. The fourth-order valence-corrected chi connectivity index (χ4v) is 3.48. The van der Waals surface area contributed by atoms with E-state index in [0.29, 0.717) is 23.7 Å². The monoisotopic (exact) mass is 404 g/mol. The van der Waals surface area contributed by atoms with Crippen molar-refractivity contribution in [2.24, 2.45) is 5.10 Å². The molecule has 6 nitrogen and oxygen atoms in total. The molecular weight excluding hydrogens is 387 g/mol. The molecule has 150 valence electrons. The SMILES string of the molecule is O=C(COc1ccccc1F)N1N=C(c2cc3ccccc3o2)C[C@H]1c1ccco1. The van der Waals surface area contributed by atoms with Crippen molar-refractivity contribution in [2.45, 2.75) is 12.5 Å². The number of carbonyl (C=O) groups excluding carboxylic acids is 1. The second-order valence-corrected chi connectivity index (χ2v) is 6.89. The van der Waals surface area contributed by atoms with Gasteiger partial charge in [0.1, 0.15) is 23.1 Å². The lowest BCUT2D eigenvalue weighted by molar-refractivity contribution is -0.135. The van der Waals surface area contributed by atoms with Crippen molar-refractivity contribution in [1.29, 1.82) is 0 Å². The predicted molar refractivity (Wildman–Crippen MR) is 108 cm³/mol. The fraction of sp³-hybridized carbons (Fsp3) is 0.130. The van der Waals surface area contributed by atoms with Crippen LogP contribution in [-0.4, -0.2) is 23.2 Å². The number of hydrogen-bond acceptors (Lipinski definition) is 5. The molecule has 0 spiro atoms. The van der Waals surface area contributed by atoms with Crippen LogP contribution in [0.2, 0.25) is 0 Å². The average Bonchev–Trinajstić information content (AvgIpc) is 3.51. The Balaban J connectivity index is 1.42. The first kappa shape index (κ1) is 18.2. The van der Waals surface area contributed by atoms with Crippen molar-refractivity contribution in [2.75, 3.05) is 6.61 Å². The van der Waals surface area contributed by atoms with Gasteiger partial charge in [-0.15, -0.1) is 0 Å². The molecule has 0 saturated heterocycles. The van der Waals surface area contributed by atoms with E-state index in [1.807, 2.05) is 30.3 Å². The number of amides is 1. The molecule has 1 aliphatic rings. The number of hydrazone groups is 1. The molecule has 0 fully saturated rings. The first-order chi connectivity index (χ1) is 14.7. The topological polar surface area (TPSA) is 68.2 Å². The molecule has 0 N–H and O–H groups in total. The number of ether oxygens (including phenoxy) is 1. The zero-order valence-corrected chi connectivity index (χ0v) is 15.8. The van der Waals surface area contributed by atoms with Crippen LogP contribution in [0.4, 0.5) is 4.39 Å². The minimum absolute atomic E-state index is 0.0149. The van der Waals surface area contributed by atoms with E-state index in [4.69, 9.17) is 13.6 Å². The minimum atomic E-state index is -0.527. The van der Waals surface area contributed by atoms with Gasteiger partial charge in [0.25, 0.3) is 5.91 Å². The van der Waals surface area contributed by atoms with E-state index < -0.39 is 17.8 Å². The maximum atomic E-state index is 13.8. The van der Waals surface area contributed by atoms with E-state index in [2.05, 4.69) is 5.10 Å². The van der Waals surface area contributed by atoms with Crippen molar-refractivity contribution >= 4 is 22.6 Å². The second kappa shape index (κ2) is 7.51. The van der Waals surface area contributed by atoms with Gasteiger partial charge in [0.05, 0.1) is 6.26 Å². The summed E-state index contributed by atoms with van der Waals surface area (Å²) < 4.78 is 30.6. The molecule has 0 unspecified atom stereocenters. The number of benzene rings is 2. The number of rotatable bonds is 5. The van der Waals surface area contributed by atoms with Gasteiger partial charge in [-0.1, -0.05) is 30.3 Å². The maximum absolute atomic E-state index is 13.8. The summed E-state index contributed by atoms with van der Waals surface area (Å²) in [5.74, 6) is 0.273. The van der Waals surface area contributed by atoms with Crippen LogP contribution in [0, 0.1) is 5.82 Å². The van der Waals surface area contributed by atoms with Crippen molar-refractivity contribution in [3.63, 3.8) is 0 Å². The van der Waals surface area contributed by atoms with Crippen LogP contribution in [-0.2, 0) is 4.79 Å². The summed E-state index contributed by atoms with van der Waals surface area (Å²) in [6.07, 6.45) is 1.98. The Bertz CT molecular complexity index is 1200. The normalized spacial score (nSPS) is 16.1. The summed E-state index contributed by atoms with van der Waals surface area (Å²) >= 11 is 0. The molecule has 1 atom stereocenters. The van der Waals surface area contributed by atoms with E-state index in [0.717, 1.165) is 11.0 Å². The smallest absolute Gasteiger partial charge is 0.281 e. The third kappa shape index (κ3) is 3.34. The number of para-hydroxylation sites is 2.